The SMILES string of the molecule is CC(C)(CS(=O)(=O)c1ccccc1)C(=O)CCCC=O. The van der Waals surface area contributed by atoms with Gasteiger partial charge in [-0.05, 0) is 18.6 Å². The minimum absolute atomic E-state index is 0.126. The Bertz CT molecular complexity index is 559. The fourth-order valence-corrected chi connectivity index (χ4v) is 3.80. The van der Waals surface area contributed by atoms with E-state index >= 15 is 0 Å². The van der Waals surface area contributed by atoms with Crippen LogP contribution in [0.2, 0.25) is 0 Å². The van der Waals surface area contributed by atoms with Crippen LogP contribution in [0.5, 0.6) is 0 Å². The standard InChI is InChI=1S/C15H20O4S/c1-15(2,14(17)10-6-7-11-16)12-20(18,19)13-8-4-3-5-9-13/h3-5,8-9,11H,6-7,10,12H2,1-2H3. The van der Waals surface area contributed by atoms with Crippen molar-refractivity contribution in [2.75, 3.05) is 5.75 Å². The molecule has 0 aliphatic heterocycles. The number of benzene rings is 1. The first-order valence-electron chi connectivity index (χ1n) is 6.54. The van der Waals surface area contributed by atoms with Gasteiger partial charge in [-0.1, -0.05) is 32.0 Å². The first-order valence-corrected chi connectivity index (χ1v) is 8.19. The van der Waals surface area contributed by atoms with Crippen molar-refractivity contribution < 1.29 is 18.0 Å². The second-order valence-corrected chi connectivity index (χ2v) is 7.43. The number of hydrogen-bond donors (Lipinski definition) is 0. The smallest absolute Gasteiger partial charge is 0.179 e. The molecule has 0 heterocycles. The molecule has 0 aliphatic carbocycles. The lowest BCUT2D eigenvalue weighted by Gasteiger charge is -2.22. The van der Waals surface area contributed by atoms with Crippen molar-refractivity contribution in [3.63, 3.8) is 0 Å². The van der Waals surface area contributed by atoms with E-state index in [1.54, 1.807) is 32.0 Å². The highest BCUT2D eigenvalue weighted by molar-refractivity contribution is 7.91. The number of Topliss-reactive ketones (excluding diaryl/α,β-unsaturated/α-hetero) is 1. The Morgan fingerprint density at radius 3 is 2.35 bits per heavy atom. The molecular formula is C15H20O4S. The Morgan fingerprint density at radius 1 is 1.20 bits per heavy atom. The van der Waals surface area contributed by atoms with Crippen LogP contribution in [0, 0.1) is 5.41 Å². The molecule has 0 saturated carbocycles. The number of aldehydes is 1. The molecule has 1 aromatic carbocycles. The number of hydrogen-bond acceptors (Lipinski definition) is 4. The van der Waals surface area contributed by atoms with Crippen LogP contribution >= 0.6 is 0 Å². The summed E-state index contributed by atoms with van der Waals surface area (Å²) in [5, 5.41) is 0. The van der Waals surface area contributed by atoms with Gasteiger partial charge in [-0.15, -0.1) is 0 Å². The molecular weight excluding hydrogens is 276 g/mol. The summed E-state index contributed by atoms with van der Waals surface area (Å²) in [6.07, 6.45) is 1.79. The van der Waals surface area contributed by atoms with Gasteiger partial charge in [0.05, 0.1) is 10.6 Å². The quantitative estimate of drug-likeness (QED) is 0.546. The Labute approximate surface area is 120 Å². The first kappa shape index (κ1) is 16.6. The molecule has 20 heavy (non-hydrogen) atoms. The van der Waals surface area contributed by atoms with Crippen molar-refractivity contribution in [2.45, 2.75) is 38.0 Å². The lowest BCUT2D eigenvalue weighted by Crippen LogP contribution is -2.32. The fraction of sp³-hybridized carbons (Fsp3) is 0.467. The predicted octanol–water partition coefficient (Wildman–Crippen LogP) is 2.42. The highest BCUT2D eigenvalue weighted by Crippen LogP contribution is 2.25. The fourth-order valence-electron chi connectivity index (χ4n) is 1.95. The molecule has 0 N–H and O–H groups in total. The van der Waals surface area contributed by atoms with Gasteiger partial charge in [0.15, 0.2) is 9.84 Å². The van der Waals surface area contributed by atoms with Crippen molar-refractivity contribution in [2.24, 2.45) is 5.41 Å². The Hall–Kier alpha value is -1.49. The normalized spacial score (nSPS) is 12.1. The maximum atomic E-state index is 12.3. The molecule has 0 bridgehead atoms. The predicted molar refractivity (Wildman–Crippen MR) is 77.2 cm³/mol. The molecule has 0 atom stereocenters. The molecule has 0 saturated heterocycles. The van der Waals surface area contributed by atoms with E-state index < -0.39 is 15.3 Å². The summed E-state index contributed by atoms with van der Waals surface area (Å²) in [4.78, 5) is 22.5. The molecule has 4 nitrogen and oxygen atoms in total. The van der Waals surface area contributed by atoms with Crippen molar-refractivity contribution >= 4 is 21.9 Å². The molecule has 0 aromatic heterocycles. The topological polar surface area (TPSA) is 68.3 Å². The molecule has 5 heteroatoms. The first-order chi connectivity index (χ1) is 9.29. The maximum absolute atomic E-state index is 12.3. The summed E-state index contributed by atoms with van der Waals surface area (Å²) in [6.45, 7) is 3.27. The third kappa shape index (κ3) is 4.56. The molecule has 0 spiro atoms. The van der Waals surface area contributed by atoms with Gasteiger partial charge < -0.3 is 4.79 Å². The summed E-state index contributed by atoms with van der Waals surface area (Å²) in [7, 11) is -3.48. The third-order valence-corrected chi connectivity index (χ3v) is 5.23. The average molecular weight is 296 g/mol. The van der Waals surface area contributed by atoms with E-state index in [4.69, 9.17) is 0 Å². The zero-order valence-corrected chi connectivity index (χ0v) is 12.7. The summed E-state index contributed by atoms with van der Waals surface area (Å²) in [5.41, 5.74) is -0.947. The molecule has 0 fully saturated rings. The average Bonchev–Trinajstić information content (AvgIpc) is 2.38. The number of carbonyl (C=O) groups excluding carboxylic acids is 2. The highest BCUT2D eigenvalue weighted by Gasteiger charge is 2.33. The minimum atomic E-state index is -3.48. The second-order valence-electron chi connectivity index (χ2n) is 5.44. The Morgan fingerprint density at radius 2 is 1.80 bits per heavy atom. The maximum Gasteiger partial charge on any atom is 0.179 e. The molecule has 0 aliphatic rings. The summed E-state index contributed by atoms with van der Waals surface area (Å²) in [5.74, 6) is -0.344. The molecule has 0 unspecified atom stereocenters. The van der Waals surface area contributed by atoms with Gasteiger partial charge >= 0.3 is 0 Å². The molecule has 110 valence electrons. The second kappa shape index (κ2) is 6.79. The van der Waals surface area contributed by atoms with E-state index in [2.05, 4.69) is 0 Å². The van der Waals surface area contributed by atoms with E-state index in [-0.39, 0.29) is 22.9 Å². The third-order valence-electron chi connectivity index (χ3n) is 3.13. The van der Waals surface area contributed by atoms with Crippen LogP contribution < -0.4 is 0 Å². The van der Waals surface area contributed by atoms with Crippen LogP contribution in [0.4, 0.5) is 0 Å². The van der Waals surface area contributed by atoms with E-state index in [0.29, 0.717) is 12.8 Å². The van der Waals surface area contributed by atoms with E-state index in [9.17, 15) is 18.0 Å². The van der Waals surface area contributed by atoms with Gasteiger partial charge in [-0.3, -0.25) is 4.79 Å². The minimum Gasteiger partial charge on any atom is -0.303 e. The molecule has 1 aromatic rings. The number of rotatable bonds is 8. The van der Waals surface area contributed by atoms with Gasteiger partial charge in [0.1, 0.15) is 12.1 Å². The van der Waals surface area contributed by atoms with E-state index in [1.807, 2.05) is 0 Å². The van der Waals surface area contributed by atoms with Gasteiger partial charge in [0.25, 0.3) is 0 Å². The Balaban J connectivity index is 2.79. The van der Waals surface area contributed by atoms with Gasteiger partial charge in [-0.25, -0.2) is 8.42 Å². The van der Waals surface area contributed by atoms with Crippen LogP contribution in [-0.2, 0) is 19.4 Å². The van der Waals surface area contributed by atoms with Crippen LogP contribution in [0.15, 0.2) is 35.2 Å². The van der Waals surface area contributed by atoms with Crippen molar-refractivity contribution in [3.8, 4) is 0 Å². The zero-order chi connectivity index (χ0) is 15.2. The Kier molecular flexibility index (Phi) is 5.62. The lowest BCUT2D eigenvalue weighted by atomic mass is 9.87. The van der Waals surface area contributed by atoms with Gasteiger partial charge in [0, 0.05) is 18.3 Å². The van der Waals surface area contributed by atoms with E-state index in [1.165, 1.54) is 12.1 Å². The summed E-state index contributed by atoms with van der Waals surface area (Å²) < 4.78 is 24.5. The molecule has 1 rings (SSSR count). The summed E-state index contributed by atoms with van der Waals surface area (Å²) in [6, 6.07) is 8.12. The molecule has 0 amide bonds. The number of sulfone groups is 1. The van der Waals surface area contributed by atoms with Gasteiger partial charge in [0.2, 0.25) is 0 Å². The van der Waals surface area contributed by atoms with Gasteiger partial charge in [-0.2, -0.15) is 0 Å². The monoisotopic (exact) mass is 296 g/mol. The number of ketones is 1. The number of carbonyl (C=O) groups is 2. The zero-order valence-electron chi connectivity index (χ0n) is 11.8. The van der Waals surface area contributed by atoms with E-state index in [0.717, 1.165) is 6.29 Å². The van der Waals surface area contributed by atoms with Crippen LogP contribution in [-0.4, -0.2) is 26.2 Å². The van der Waals surface area contributed by atoms with Crippen molar-refractivity contribution in [1.29, 1.82) is 0 Å². The largest absolute Gasteiger partial charge is 0.303 e. The highest BCUT2D eigenvalue weighted by atomic mass is 32.2. The van der Waals surface area contributed by atoms with Crippen molar-refractivity contribution in [1.82, 2.24) is 0 Å². The summed E-state index contributed by atoms with van der Waals surface area (Å²) >= 11 is 0. The van der Waals surface area contributed by atoms with Crippen LogP contribution in [0.25, 0.3) is 0 Å². The van der Waals surface area contributed by atoms with Crippen LogP contribution in [0.3, 0.4) is 0 Å². The number of unbranched alkanes of at least 4 members (excludes halogenated alkanes) is 1. The van der Waals surface area contributed by atoms with Crippen LogP contribution in [0.1, 0.15) is 33.1 Å². The van der Waals surface area contributed by atoms with Crippen molar-refractivity contribution in [3.05, 3.63) is 30.3 Å². The molecule has 0 radical (unpaired) electrons. The lowest BCUT2D eigenvalue weighted by molar-refractivity contribution is -0.126.